The van der Waals surface area contributed by atoms with Crippen molar-refractivity contribution in [2.75, 3.05) is 10.6 Å². The van der Waals surface area contributed by atoms with Gasteiger partial charge in [0, 0.05) is 30.4 Å². The number of rotatable bonds is 4. The molecule has 0 fully saturated rings. The zero-order chi connectivity index (χ0) is 15.4. The Morgan fingerprint density at radius 2 is 1.90 bits per heavy atom. The Balaban J connectivity index is 2.08. The SMILES string of the molecule is CC(=O)Nc1ccc(NCc2cccc(C)c2O)cc1C. The maximum atomic E-state index is 11.1. The molecular formula is C17H20N2O2. The fraction of sp³-hybridized carbons (Fsp3) is 0.235. The van der Waals surface area contributed by atoms with Crippen molar-refractivity contribution in [1.82, 2.24) is 0 Å². The maximum absolute atomic E-state index is 11.1. The van der Waals surface area contributed by atoms with E-state index in [1.54, 1.807) is 0 Å². The predicted molar refractivity (Wildman–Crippen MR) is 85.7 cm³/mol. The van der Waals surface area contributed by atoms with Crippen molar-refractivity contribution in [3.63, 3.8) is 0 Å². The monoisotopic (exact) mass is 284 g/mol. The second-order valence-corrected chi connectivity index (χ2v) is 5.15. The molecule has 2 rings (SSSR count). The molecule has 0 atom stereocenters. The molecule has 0 aliphatic rings. The minimum absolute atomic E-state index is 0.0801. The van der Waals surface area contributed by atoms with Crippen LogP contribution >= 0.6 is 0 Å². The molecule has 0 bridgehead atoms. The van der Waals surface area contributed by atoms with Crippen LogP contribution in [0.5, 0.6) is 5.75 Å². The van der Waals surface area contributed by atoms with E-state index in [4.69, 9.17) is 0 Å². The van der Waals surface area contributed by atoms with Crippen molar-refractivity contribution in [1.29, 1.82) is 0 Å². The highest BCUT2D eigenvalue weighted by molar-refractivity contribution is 5.89. The van der Waals surface area contributed by atoms with Gasteiger partial charge in [-0.15, -0.1) is 0 Å². The fourth-order valence-corrected chi connectivity index (χ4v) is 2.16. The molecule has 0 heterocycles. The van der Waals surface area contributed by atoms with E-state index in [-0.39, 0.29) is 5.91 Å². The topological polar surface area (TPSA) is 61.4 Å². The highest BCUT2D eigenvalue weighted by atomic mass is 16.3. The summed E-state index contributed by atoms with van der Waals surface area (Å²) in [5.74, 6) is 0.250. The zero-order valence-electron chi connectivity index (χ0n) is 12.5. The number of aryl methyl sites for hydroxylation is 2. The van der Waals surface area contributed by atoms with Crippen LogP contribution in [0.4, 0.5) is 11.4 Å². The second-order valence-electron chi connectivity index (χ2n) is 5.15. The van der Waals surface area contributed by atoms with Crippen LogP contribution in [0.25, 0.3) is 0 Å². The minimum atomic E-state index is -0.0801. The molecule has 0 aliphatic heterocycles. The molecule has 0 aliphatic carbocycles. The van der Waals surface area contributed by atoms with E-state index < -0.39 is 0 Å². The Labute approximate surface area is 124 Å². The van der Waals surface area contributed by atoms with Crippen LogP contribution in [0, 0.1) is 13.8 Å². The summed E-state index contributed by atoms with van der Waals surface area (Å²) >= 11 is 0. The van der Waals surface area contributed by atoms with E-state index in [1.807, 2.05) is 50.2 Å². The number of anilines is 2. The quantitative estimate of drug-likeness (QED) is 0.804. The van der Waals surface area contributed by atoms with E-state index in [0.717, 1.165) is 28.1 Å². The third-order valence-corrected chi connectivity index (χ3v) is 3.34. The van der Waals surface area contributed by atoms with Gasteiger partial charge in [0.05, 0.1) is 0 Å². The largest absolute Gasteiger partial charge is 0.507 e. The van der Waals surface area contributed by atoms with Gasteiger partial charge in [-0.1, -0.05) is 18.2 Å². The molecule has 3 N–H and O–H groups in total. The lowest BCUT2D eigenvalue weighted by atomic mass is 10.1. The molecule has 4 heteroatoms. The summed E-state index contributed by atoms with van der Waals surface area (Å²) in [6.45, 7) is 5.87. The number of carbonyl (C=O) groups is 1. The number of aromatic hydroxyl groups is 1. The van der Waals surface area contributed by atoms with Crippen LogP contribution in [-0.4, -0.2) is 11.0 Å². The van der Waals surface area contributed by atoms with Gasteiger partial charge in [0.2, 0.25) is 5.91 Å². The van der Waals surface area contributed by atoms with E-state index >= 15 is 0 Å². The van der Waals surface area contributed by atoms with Crippen molar-refractivity contribution < 1.29 is 9.90 Å². The molecule has 0 unspecified atom stereocenters. The summed E-state index contributed by atoms with van der Waals surface area (Å²) in [7, 11) is 0. The number of carbonyl (C=O) groups excluding carboxylic acids is 1. The Morgan fingerprint density at radius 1 is 1.14 bits per heavy atom. The van der Waals surface area contributed by atoms with Crippen LogP contribution in [0.2, 0.25) is 0 Å². The summed E-state index contributed by atoms with van der Waals surface area (Å²) < 4.78 is 0. The molecule has 0 aromatic heterocycles. The van der Waals surface area contributed by atoms with Crippen LogP contribution in [0.1, 0.15) is 23.6 Å². The molecular weight excluding hydrogens is 264 g/mol. The Hall–Kier alpha value is -2.49. The van der Waals surface area contributed by atoms with Crippen molar-refractivity contribution in [3.05, 3.63) is 53.1 Å². The number of amides is 1. The standard InChI is InChI=1S/C17H20N2O2/c1-11-5-4-6-14(17(11)21)10-18-15-7-8-16(12(2)9-15)19-13(3)20/h4-9,18,21H,10H2,1-3H3,(H,19,20). The lowest BCUT2D eigenvalue weighted by molar-refractivity contribution is -0.114. The number of phenols is 1. The fourth-order valence-electron chi connectivity index (χ4n) is 2.16. The Bertz CT molecular complexity index is 666. The van der Waals surface area contributed by atoms with E-state index in [1.165, 1.54) is 6.92 Å². The number of hydrogen-bond acceptors (Lipinski definition) is 3. The molecule has 2 aromatic rings. The molecule has 21 heavy (non-hydrogen) atoms. The normalized spacial score (nSPS) is 10.2. The van der Waals surface area contributed by atoms with Gasteiger partial charge in [-0.05, 0) is 43.2 Å². The summed E-state index contributed by atoms with van der Waals surface area (Å²) in [5, 5.41) is 16.0. The molecule has 4 nitrogen and oxygen atoms in total. The lowest BCUT2D eigenvalue weighted by Gasteiger charge is -2.12. The van der Waals surface area contributed by atoms with Gasteiger partial charge in [-0.25, -0.2) is 0 Å². The lowest BCUT2D eigenvalue weighted by Crippen LogP contribution is -2.07. The molecule has 0 radical (unpaired) electrons. The molecule has 2 aromatic carbocycles. The maximum Gasteiger partial charge on any atom is 0.221 e. The van der Waals surface area contributed by atoms with Crippen molar-refractivity contribution >= 4 is 17.3 Å². The van der Waals surface area contributed by atoms with Gasteiger partial charge in [0.25, 0.3) is 0 Å². The Kier molecular flexibility index (Phi) is 4.48. The molecule has 1 amide bonds. The zero-order valence-corrected chi connectivity index (χ0v) is 12.5. The van der Waals surface area contributed by atoms with Gasteiger partial charge >= 0.3 is 0 Å². The van der Waals surface area contributed by atoms with Crippen molar-refractivity contribution in [2.45, 2.75) is 27.3 Å². The first-order valence-corrected chi connectivity index (χ1v) is 6.87. The molecule has 110 valence electrons. The van der Waals surface area contributed by atoms with Crippen LogP contribution in [0.3, 0.4) is 0 Å². The van der Waals surface area contributed by atoms with Crippen LogP contribution < -0.4 is 10.6 Å². The van der Waals surface area contributed by atoms with Gasteiger partial charge in [0.15, 0.2) is 0 Å². The van der Waals surface area contributed by atoms with Crippen molar-refractivity contribution in [3.8, 4) is 5.75 Å². The third-order valence-electron chi connectivity index (χ3n) is 3.34. The van der Waals surface area contributed by atoms with Crippen molar-refractivity contribution in [2.24, 2.45) is 0 Å². The molecule has 0 spiro atoms. The molecule has 0 saturated heterocycles. The number of hydrogen-bond donors (Lipinski definition) is 3. The number of phenolic OH excluding ortho intramolecular Hbond substituents is 1. The summed E-state index contributed by atoms with van der Waals surface area (Å²) in [4.78, 5) is 11.1. The van der Waals surface area contributed by atoms with E-state index in [9.17, 15) is 9.90 Å². The predicted octanol–water partition coefficient (Wildman–Crippen LogP) is 3.58. The van der Waals surface area contributed by atoms with E-state index in [2.05, 4.69) is 10.6 Å². The first-order chi connectivity index (χ1) is 9.97. The minimum Gasteiger partial charge on any atom is -0.507 e. The summed E-state index contributed by atoms with van der Waals surface area (Å²) in [6, 6.07) is 11.5. The number of benzene rings is 2. The summed E-state index contributed by atoms with van der Waals surface area (Å²) in [5.41, 5.74) is 4.47. The van der Waals surface area contributed by atoms with Crippen LogP contribution in [-0.2, 0) is 11.3 Å². The molecule has 0 saturated carbocycles. The Morgan fingerprint density at radius 3 is 2.57 bits per heavy atom. The van der Waals surface area contributed by atoms with Gasteiger partial charge in [-0.2, -0.15) is 0 Å². The first-order valence-electron chi connectivity index (χ1n) is 6.87. The summed E-state index contributed by atoms with van der Waals surface area (Å²) in [6.07, 6.45) is 0. The highest BCUT2D eigenvalue weighted by Crippen LogP contribution is 2.24. The third kappa shape index (κ3) is 3.75. The van der Waals surface area contributed by atoms with E-state index in [0.29, 0.717) is 12.3 Å². The van der Waals surface area contributed by atoms with Crippen LogP contribution in [0.15, 0.2) is 36.4 Å². The van der Waals surface area contributed by atoms with Gasteiger partial charge < -0.3 is 15.7 Å². The highest BCUT2D eigenvalue weighted by Gasteiger charge is 2.05. The smallest absolute Gasteiger partial charge is 0.221 e. The number of nitrogens with one attached hydrogen (secondary N) is 2. The average molecular weight is 284 g/mol. The first kappa shape index (κ1) is 14.9. The average Bonchev–Trinajstić information content (AvgIpc) is 2.43. The van der Waals surface area contributed by atoms with Gasteiger partial charge in [0.1, 0.15) is 5.75 Å². The second kappa shape index (κ2) is 6.31. The number of para-hydroxylation sites is 1. The van der Waals surface area contributed by atoms with Gasteiger partial charge in [-0.3, -0.25) is 4.79 Å².